The summed E-state index contributed by atoms with van der Waals surface area (Å²) >= 11 is 0. The number of rotatable bonds is 5. The number of likely N-dealkylation sites (tertiary alicyclic amines) is 1. The van der Waals surface area contributed by atoms with Crippen molar-refractivity contribution >= 4 is 23.0 Å². The largest absolute Gasteiger partial charge is 0.423 e. The smallest absolute Gasteiger partial charge is 0.299 e. The maximum atomic E-state index is 13.6. The molecule has 1 unspecified atom stereocenters. The van der Waals surface area contributed by atoms with Crippen LogP contribution in [0.1, 0.15) is 58.8 Å². The quantitative estimate of drug-likeness (QED) is 0.792. The van der Waals surface area contributed by atoms with Gasteiger partial charge in [-0.05, 0) is 52.4 Å². The molecule has 2 saturated heterocycles. The van der Waals surface area contributed by atoms with Crippen LogP contribution in [0, 0.1) is 11.6 Å². The number of carbonyl (C=O) groups is 1. The molecule has 0 aliphatic carbocycles. The van der Waals surface area contributed by atoms with Gasteiger partial charge in [0.05, 0.1) is 0 Å². The van der Waals surface area contributed by atoms with Crippen LogP contribution < -0.4 is 10.6 Å². The summed E-state index contributed by atoms with van der Waals surface area (Å²) in [6.07, 6.45) is 6.46. The third-order valence-electron chi connectivity index (χ3n) is 7.01. The fraction of sp³-hybridized carbons (Fsp3) is 0.636. The topological polar surface area (TPSA) is 75.6 Å². The van der Waals surface area contributed by atoms with Gasteiger partial charge in [0, 0.05) is 37.3 Å². The van der Waals surface area contributed by atoms with Gasteiger partial charge < -0.3 is 15.1 Å². The molecule has 2 aromatic rings. The van der Waals surface area contributed by atoms with E-state index < -0.39 is 23.1 Å². The number of nitrogens with zero attached hydrogens (tertiary/aromatic N) is 3. The molecule has 0 radical (unpaired) electrons. The SMILES string of the molecule is C[C@@H]1CCC[C@H](C)N1CCC1(C(N)=O)CCCCN1c1nc2cc(F)c(F)cc2o1. The number of fused-ring (bicyclic) bond motifs is 1. The molecule has 30 heavy (non-hydrogen) atoms. The van der Waals surface area contributed by atoms with E-state index in [2.05, 4.69) is 23.7 Å². The summed E-state index contributed by atoms with van der Waals surface area (Å²) in [6.45, 7) is 5.78. The Bertz CT molecular complexity index is 884. The van der Waals surface area contributed by atoms with Gasteiger partial charge >= 0.3 is 0 Å². The standard InChI is InChI=1S/C22H30F2N4O2/c1-14-6-5-7-15(2)27(14)11-9-22(20(25)29)8-3-4-10-28(22)21-26-18-12-16(23)17(24)13-19(18)30-21/h12-15H,3-11H2,1-2H3,(H2,25,29)/t14-,15+,22?. The molecule has 0 saturated carbocycles. The molecular weight excluding hydrogens is 390 g/mol. The van der Waals surface area contributed by atoms with E-state index in [9.17, 15) is 13.6 Å². The average Bonchev–Trinajstić information content (AvgIpc) is 3.10. The highest BCUT2D eigenvalue weighted by molar-refractivity contribution is 5.89. The number of carbonyl (C=O) groups excluding carboxylic acids is 1. The van der Waals surface area contributed by atoms with Crippen LogP contribution in [0.2, 0.25) is 0 Å². The third-order valence-corrected chi connectivity index (χ3v) is 7.01. The Morgan fingerprint density at radius 1 is 1.20 bits per heavy atom. The highest BCUT2D eigenvalue weighted by Crippen LogP contribution is 2.38. The number of halogens is 2. The van der Waals surface area contributed by atoms with Crippen molar-refractivity contribution < 1.29 is 18.0 Å². The van der Waals surface area contributed by atoms with E-state index in [1.807, 2.05) is 4.90 Å². The van der Waals surface area contributed by atoms with Gasteiger partial charge in [-0.15, -0.1) is 0 Å². The van der Waals surface area contributed by atoms with Gasteiger partial charge in [0.1, 0.15) is 11.1 Å². The normalized spacial score (nSPS) is 28.2. The third kappa shape index (κ3) is 3.66. The minimum atomic E-state index is -0.988. The molecular formula is C22H30F2N4O2. The van der Waals surface area contributed by atoms with Crippen LogP contribution in [0.25, 0.3) is 11.1 Å². The van der Waals surface area contributed by atoms with E-state index in [-0.39, 0.29) is 17.1 Å². The molecule has 164 valence electrons. The van der Waals surface area contributed by atoms with Gasteiger partial charge in [-0.25, -0.2) is 8.78 Å². The number of anilines is 1. The predicted octanol–water partition coefficient (Wildman–Crippen LogP) is 3.97. The molecule has 6 nitrogen and oxygen atoms in total. The van der Waals surface area contributed by atoms with Crippen LogP contribution in [0.3, 0.4) is 0 Å². The minimum absolute atomic E-state index is 0.158. The fourth-order valence-corrected chi connectivity index (χ4v) is 5.21. The Hall–Kier alpha value is -2.22. The lowest BCUT2D eigenvalue weighted by molar-refractivity contribution is -0.124. The van der Waals surface area contributed by atoms with Crippen LogP contribution in [0.4, 0.5) is 14.8 Å². The Morgan fingerprint density at radius 2 is 1.90 bits per heavy atom. The van der Waals surface area contributed by atoms with Crippen molar-refractivity contribution in [2.24, 2.45) is 5.73 Å². The molecule has 2 fully saturated rings. The average molecular weight is 421 g/mol. The predicted molar refractivity (Wildman–Crippen MR) is 111 cm³/mol. The van der Waals surface area contributed by atoms with E-state index in [1.165, 1.54) is 6.42 Å². The first-order chi connectivity index (χ1) is 14.3. The number of amides is 1. The summed E-state index contributed by atoms with van der Waals surface area (Å²) in [5.41, 5.74) is 5.43. The lowest BCUT2D eigenvalue weighted by atomic mass is 9.82. The molecule has 3 atom stereocenters. The van der Waals surface area contributed by atoms with Gasteiger partial charge in [-0.2, -0.15) is 4.98 Å². The zero-order valence-electron chi connectivity index (χ0n) is 17.7. The number of nitrogens with two attached hydrogens (primary N) is 1. The maximum Gasteiger partial charge on any atom is 0.299 e. The van der Waals surface area contributed by atoms with Gasteiger partial charge in [-0.1, -0.05) is 6.42 Å². The number of piperidine rings is 2. The molecule has 0 spiro atoms. The van der Waals surface area contributed by atoms with Crippen molar-refractivity contribution in [3.8, 4) is 0 Å². The van der Waals surface area contributed by atoms with Gasteiger partial charge in [0.15, 0.2) is 17.2 Å². The molecule has 1 aromatic heterocycles. The summed E-state index contributed by atoms with van der Waals surface area (Å²) in [5, 5.41) is 0. The van der Waals surface area contributed by atoms with E-state index in [4.69, 9.17) is 10.2 Å². The van der Waals surface area contributed by atoms with Crippen LogP contribution in [0.15, 0.2) is 16.5 Å². The summed E-state index contributed by atoms with van der Waals surface area (Å²) in [6, 6.07) is 3.14. The molecule has 0 bridgehead atoms. The highest BCUT2D eigenvalue weighted by Gasteiger charge is 2.46. The minimum Gasteiger partial charge on any atom is -0.423 e. The first kappa shape index (κ1) is 21.0. The van der Waals surface area contributed by atoms with E-state index in [0.717, 1.165) is 44.4 Å². The molecule has 1 aromatic carbocycles. The van der Waals surface area contributed by atoms with Crippen LogP contribution in [-0.4, -0.2) is 46.5 Å². The van der Waals surface area contributed by atoms with Crippen LogP contribution >= 0.6 is 0 Å². The Labute approximate surface area is 175 Å². The van der Waals surface area contributed by atoms with Gasteiger partial charge in [0.25, 0.3) is 6.01 Å². The molecule has 3 heterocycles. The van der Waals surface area contributed by atoms with Crippen LogP contribution in [-0.2, 0) is 4.79 Å². The Balaban J connectivity index is 1.65. The second kappa shape index (κ2) is 8.13. The van der Waals surface area contributed by atoms with Crippen molar-refractivity contribution in [1.29, 1.82) is 0 Å². The first-order valence-corrected chi connectivity index (χ1v) is 10.9. The monoisotopic (exact) mass is 420 g/mol. The van der Waals surface area contributed by atoms with Crippen molar-refractivity contribution in [1.82, 2.24) is 9.88 Å². The van der Waals surface area contributed by atoms with Crippen molar-refractivity contribution in [2.45, 2.75) is 76.4 Å². The molecule has 2 N–H and O–H groups in total. The molecule has 4 rings (SSSR count). The summed E-state index contributed by atoms with van der Waals surface area (Å²) in [7, 11) is 0. The Kier molecular flexibility index (Phi) is 5.70. The summed E-state index contributed by atoms with van der Waals surface area (Å²) < 4.78 is 33.0. The molecule has 2 aliphatic rings. The zero-order chi connectivity index (χ0) is 21.5. The van der Waals surface area contributed by atoms with Crippen molar-refractivity contribution in [3.05, 3.63) is 23.8 Å². The second-order valence-electron chi connectivity index (χ2n) is 8.85. The number of hydrogen-bond acceptors (Lipinski definition) is 5. The van der Waals surface area contributed by atoms with Crippen LogP contribution in [0.5, 0.6) is 0 Å². The van der Waals surface area contributed by atoms with E-state index in [1.54, 1.807) is 0 Å². The fourth-order valence-electron chi connectivity index (χ4n) is 5.21. The number of primary amides is 1. The van der Waals surface area contributed by atoms with Gasteiger partial charge in [-0.3, -0.25) is 9.69 Å². The molecule has 1 amide bonds. The number of oxazole rings is 1. The maximum absolute atomic E-state index is 13.6. The van der Waals surface area contributed by atoms with Crippen molar-refractivity contribution in [2.75, 3.05) is 18.0 Å². The van der Waals surface area contributed by atoms with E-state index in [0.29, 0.717) is 31.5 Å². The lowest BCUT2D eigenvalue weighted by Gasteiger charge is -2.46. The van der Waals surface area contributed by atoms with Crippen molar-refractivity contribution in [3.63, 3.8) is 0 Å². The second-order valence-corrected chi connectivity index (χ2v) is 8.85. The summed E-state index contributed by atoms with van der Waals surface area (Å²) in [5.74, 6) is -2.37. The molecule has 2 aliphatic heterocycles. The lowest BCUT2D eigenvalue weighted by Crippen LogP contribution is -2.62. The van der Waals surface area contributed by atoms with Gasteiger partial charge in [0.2, 0.25) is 5.91 Å². The first-order valence-electron chi connectivity index (χ1n) is 10.9. The molecule has 8 heteroatoms. The number of hydrogen-bond donors (Lipinski definition) is 1. The summed E-state index contributed by atoms with van der Waals surface area (Å²) in [4.78, 5) is 21.4. The Morgan fingerprint density at radius 3 is 2.60 bits per heavy atom. The number of aromatic nitrogens is 1. The van der Waals surface area contributed by atoms with E-state index >= 15 is 0 Å². The number of benzene rings is 1. The highest BCUT2D eigenvalue weighted by atomic mass is 19.2. The zero-order valence-corrected chi connectivity index (χ0v) is 17.7.